The standard InChI is InChI=1S/C23H26N4O/c1-16-9-11-17(12-10-16)21(26(2)3)23(28)27-14-13-19-20(15-27)25-22(24-19)18-7-5-4-6-8-18/h4-12,21H,13-15H2,1-3H3,(H,24,25)/t21-/m1/s1. The predicted octanol–water partition coefficient (Wildman–Crippen LogP) is 3.57. The quantitative estimate of drug-likeness (QED) is 0.760. The summed E-state index contributed by atoms with van der Waals surface area (Å²) in [4.78, 5) is 25.5. The number of aromatic nitrogens is 2. The fraction of sp³-hybridized carbons (Fsp3) is 0.304. The first-order valence-electron chi connectivity index (χ1n) is 9.68. The molecule has 1 N–H and O–H groups in total. The smallest absolute Gasteiger partial charge is 0.244 e. The third kappa shape index (κ3) is 3.58. The third-order valence-corrected chi connectivity index (χ3v) is 5.33. The Hall–Kier alpha value is -2.92. The Morgan fingerprint density at radius 1 is 1.11 bits per heavy atom. The lowest BCUT2D eigenvalue weighted by Gasteiger charge is -2.33. The van der Waals surface area contributed by atoms with Crippen molar-refractivity contribution in [3.05, 3.63) is 77.1 Å². The van der Waals surface area contributed by atoms with Crippen LogP contribution in [-0.2, 0) is 17.8 Å². The molecular weight excluding hydrogens is 348 g/mol. The number of nitrogens with one attached hydrogen (secondary N) is 1. The van der Waals surface area contributed by atoms with E-state index < -0.39 is 0 Å². The number of hydrogen-bond acceptors (Lipinski definition) is 3. The highest BCUT2D eigenvalue weighted by atomic mass is 16.2. The number of carbonyl (C=O) groups excluding carboxylic acids is 1. The van der Waals surface area contributed by atoms with Gasteiger partial charge in [-0.3, -0.25) is 9.69 Å². The Morgan fingerprint density at radius 3 is 2.50 bits per heavy atom. The Balaban J connectivity index is 1.56. The molecule has 0 fully saturated rings. The van der Waals surface area contributed by atoms with Crippen molar-refractivity contribution in [3.63, 3.8) is 0 Å². The van der Waals surface area contributed by atoms with Crippen LogP contribution in [0.5, 0.6) is 0 Å². The fourth-order valence-corrected chi connectivity index (χ4v) is 3.80. The molecule has 1 aliphatic heterocycles. The van der Waals surface area contributed by atoms with Crippen molar-refractivity contribution in [1.29, 1.82) is 0 Å². The second-order valence-corrected chi connectivity index (χ2v) is 7.66. The highest BCUT2D eigenvalue weighted by Gasteiger charge is 2.31. The number of rotatable bonds is 4. The molecule has 1 aromatic heterocycles. The van der Waals surface area contributed by atoms with Gasteiger partial charge in [0.2, 0.25) is 5.91 Å². The summed E-state index contributed by atoms with van der Waals surface area (Å²) in [5, 5.41) is 0. The molecule has 5 heteroatoms. The van der Waals surface area contributed by atoms with E-state index in [1.165, 1.54) is 5.56 Å². The van der Waals surface area contributed by atoms with Crippen molar-refractivity contribution in [2.45, 2.75) is 25.9 Å². The summed E-state index contributed by atoms with van der Waals surface area (Å²) >= 11 is 0. The molecule has 5 nitrogen and oxygen atoms in total. The van der Waals surface area contributed by atoms with Crippen LogP contribution in [0.15, 0.2) is 54.6 Å². The molecule has 4 rings (SSSR count). The average Bonchev–Trinajstić information content (AvgIpc) is 3.13. The van der Waals surface area contributed by atoms with Gasteiger partial charge in [0.25, 0.3) is 0 Å². The molecule has 1 amide bonds. The van der Waals surface area contributed by atoms with Gasteiger partial charge in [-0.2, -0.15) is 0 Å². The molecular formula is C23H26N4O. The van der Waals surface area contributed by atoms with E-state index in [1.807, 2.05) is 54.2 Å². The Kier molecular flexibility index (Phi) is 5.01. The lowest BCUT2D eigenvalue weighted by atomic mass is 10.0. The average molecular weight is 374 g/mol. The Labute approximate surface area is 166 Å². The molecule has 2 aromatic carbocycles. The molecule has 1 aliphatic rings. The molecule has 0 radical (unpaired) electrons. The number of likely N-dealkylation sites (N-methyl/N-ethyl adjacent to an activating group) is 1. The first kappa shape index (κ1) is 18.4. The van der Waals surface area contributed by atoms with Gasteiger partial charge in [0.05, 0.1) is 17.9 Å². The highest BCUT2D eigenvalue weighted by molar-refractivity contribution is 5.83. The van der Waals surface area contributed by atoms with E-state index in [1.54, 1.807) is 0 Å². The molecule has 28 heavy (non-hydrogen) atoms. The lowest BCUT2D eigenvalue weighted by molar-refractivity contribution is -0.137. The molecule has 144 valence electrons. The van der Waals surface area contributed by atoms with Crippen molar-refractivity contribution in [1.82, 2.24) is 19.8 Å². The predicted molar refractivity (Wildman–Crippen MR) is 111 cm³/mol. The molecule has 0 bridgehead atoms. The normalized spacial score (nSPS) is 14.8. The third-order valence-electron chi connectivity index (χ3n) is 5.33. The number of carbonyl (C=O) groups is 1. The molecule has 0 saturated heterocycles. The second kappa shape index (κ2) is 7.60. The van der Waals surface area contributed by atoms with E-state index in [4.69, 9.17) is 4.98 Å². The zero-order valence-corrected chi connectivity index (χ0v) is 16.6. The van der Waals surface area contributed by atoms with Crippen LogP contribution >= 0.6 is 0 Å². The van der Waals surface area contributed by atoms with Crippen LogP contribution in [0.4, 0.5) is 0 Å². The van der Waals surface area contributed by atoms with Crippen LogP contribution in [0.25, 0.3) is 11.4 Å². The lowest BCUT2D eigenvalue weighted by Crippen LogP contribution is -2.43. The van der Waals surface area contributed by atoms with Crippen LogP contribution in [0.3, 0.4) is 0 Å². The van der Waals surface area contributed by atoms with Gasteiger partial charge in [0.15, 0.2) is 0 Å². The van der Waals surface area contributed by atoms with Gasteiger partial charge in [0, 0.05) is 18.5 Å². The maximum Gasteiger partial charge on any atom is 0.244 e. The van der Waals surface area contributed by atoms with Gasteiger partial charge < -0.3 is 9.88 Å². The van der Waals surface area contributed by atoms with Crippen molar-refractivity contribution in [3.8, 4) is 11.4 Å². The number of fused-ring (bicyclic) bond motifs is 1. The van der Waals surface area contributed by atoms with Gasteiger partial charge in [-0.1, -0.05) is 60.2 Å². The Bertz CT molecular complexity index is 960. The first-order chi connectivity index (χ1) is 13.5. The minimum Gasteiger partial charge on any atom is -0.340 e. The summed E-state index contributed by atoms with van der Waals surface area (Å²) in [5.74, 6) is 1.01. The molecule has 2 heterocycles. The van der Waals surface area contributed by atoms with Gasteiger partial charge in [0.1, 0.15) is 11.9 Å². The summed E-state index contributed by atoms with van der Waals surface area (Å²) in [7, 11) is 3.92. The number of benzene rings is 2. The number of aromatic amines is 1. The van der Waals surface area contributed by atoms with E-state index in [2.05, 4.69) is 36.2 Å². The van der Waals surface area contributed by atoms with E-state index in [0.717, 1.165) is 34.8 Å². The minimum absolute atomic E-state index is 0.135. The SMILES string of the molecule is Cc1ccc([C@H](C(=O)N2CCc3nc(-c4ccccc4)[nH]c3C2)N(C)C)cc1. The summed E-state index contributed by atoms with van der Waals surface area (Å²) in [6.45, 7) is 3.33. The summed E-state index contributed by atoms with van der Waals surface area (Å²) in [5.41, 5.74) is 5.41. The van der Waals surface area contributed by atoms with E-state index in [9.17, 15) is 4.79 Å². The molecule has 0 unspecified atom stereocenters. The summed E-state index contributed by atoms with van der Waals surface area (Å²) < 4.78 is 0. The molecule has 0 saturated carbocycles. The van der Waals surface area contributed by atoms with E-state index in [0.29, 0.717) is 13.1 Å². The van der Waals surface area contributed by atoms with Crippen LogP contribution in [0, 0.1) is 6.92 Å². The van der Waals surface area contributed by atoms with Gasteiger partial charge in [-0.15, -0.1) is 0 Å². The zero-order valence-electron chi connectivity index (χ0n) is 16.6. The largest absolute Gasteiger partial charge is 0.340 e. The van der Waals surface area contributed by atoms with Crippen LogP contribution in [-0.4, -0.2) is 46.3 Å². The number of hydrogen-bond donors (Lipinski definition) is 1. The van der Waals surface area contributed by atoms with E-state index >= 15 is 0 Å². The summed E-state index contributed by atoms with van der Waals surface area (Å²) in [6, 6.07) is 18.1. The number of imidazole rings is 1. The molecule has 0 spiro atoms. The summed E-state index contributed by atoms with van der Waals surface area (Å²) in [6.07, 6.45) is 0.776. The maximum atomic E-state index is 13.4. The van der Waals surface area contributed by atoms with Crippen molar-refractivity contribution in [2.24, 2.45) is 0 Å². The Morgan fingerprint density at radius 2 is 1.82 bits per heavy atom. The van der Waals surface area contributed by atoms with E-state index in [-0.39, 0.29) is 11.9 Å². The molecule has 0 aliphatic carbocycles. The van der Waals surface area contributed by atoms with Crippen LogP contribution in [0.1, 0.15) is 28.6 Å². The maximum absolute atomic E-state index is 13.4. The first-order valence-corrected chi connectivity index (χ1v) is 9.68. The van der Waals surface area contributed by atoms with Crippen molar-refractivity contribution in [2.75, 3.05) is 20.6 Å². The topological polar surface area (TPSA) is 52.2 Å². The monoisotopic (exact) mass is 374 g/mol. The minimum atomic E-state index is -0.279. The fourth-order valence-electron chi connectivity index (χ4n) is 3.80. The highest BCUT2D eigenvalue weighted by Crippen LogP contribution is 2.27. The van der Waals surface area contributed by atoms with Crippen LogP contribution in [0.2, 0.25) is 0 Å². The van der Waals surface area contributed by atoms with Crippen molar-refractivity contribution >= 4 is 5.91 Å². The van der Waals surface area contributed by atoms with Crippen LogP contribution < -0.4 is 0 Å². The van der Waals surface area contributed by atoms with Gasteiger partial charge in [-0.25, -0.2) is 4.98 Å². The second-order valence-electron chi connectivity index (χ2n) is 7.66. The number of aryl methyl sites for hydroxylation is 1. The zero-order chi connectivity index (χ0) is 19.7. The number of amides is 1. The van der Waals surface area contributed by atoms with Gasteiger partial charge in [-0.05, 0) is 26.6 Å². The van der Waals surface area contributed by atoms with Crippen molar-refractivity contribution < 1.29 is 4.79 Å². The molecule has 3 aromatic rings. The number of H-pyrrole nitrogens is 1. The van der Waals surface area contributed by atoms with Gasteiger partial charge >= 0.3 is 0 Å². The number of nitrogens with zero attached hydrogens (tertiary/aromatic N) is 3. The molecule has 1 atom stereocenters.